The largest absolute Gasteiger partial charge is 0.490 e. The molecule has 0 radical (unpaired) electrons. The average molecular weight is 505 g/mol. The molecule has 1 aliphatic rings. The van der Waals surface area contributed by atoms with E-state index in [4.69, 9.17) is 27.9 Å². The van der Waals surface area contributed by atoms with Crippen molar-refractivity contribution in [2.45, 2.75) is 25.0 Å². The van der Waals surface area contributed by atoms with Crippen LogP contribution in [0.3, 0.4) is 0 Å². The predicted molar refractivity (Wildman–Crippen MR) is 132 cm³/mol. The van der Waals surface area contributed by atoms with Crippen molar-refractivity contribution in [1.29, 1.82) is 0 Å². The number of likely N-dealkylation sites (N-methyl/N-ethyl adjacent to an activating group) is 1. The number of aliphatic hydroxyl groups is 1. The molecule has 180 valence electrons. The first-order valence-corrected chi connectivity index (χ1v) is 11.8. The summed E-state index contributed by atoms with van der Waals surface area (Å²) in [4.78, 5) is 28.5. The summed E-state index contributed by atoms with van der Waals surface area (Å²) < 4.78 is 6.02. The normalized spacial score (nSPS) is 15.9. The Morgan fingerprint density at radius 2 is 1.91 bits per heavy atom. The number of nitrogens with one attached hydrogen (secondary N) is 1. The van der Waals surface area contributed by atoms with Gasteiger partial charge in [-0.05, 0) is 31.0 Å². The molecule has 0 aliphatic carbocycles. The van der Waals surface area contributed by atoms with Gasteiger partial charge in [-0.1, -0.05) is 41.4 Å². The van der Waals surface area contributed by atoms with E-state index in [0.29, 0.717) is 33.1 Å². The minimum absolute atomic E-state index is 0.0643. The topological polar surface area (TPSA) is 98.8 Å². The first-order valence-electron chi connectivity index (χ1n) is 11.1. The van der Waals surface area contributed by atoms with Crippen LogP contribution >= 0.6 is 23.2 Å². The minimum atomic E-state index is -0.726. The second kappa shape index (κ2) is 10.7. The number of fused-ring (bicyclic) bond motifs is 1. The molecule has 0 unspecified atom stereocenters. The number of H-pyrrole nitrogens is 1. The number of carbonyl (C=O) groups excluding carboxylic acids is 1. The SMILES string of the molecule is CN(C[C@H](O)CN1CCC(Oc2ccc(Cl)c(Cl)c2)CC1)C(=O)c1n[nH]c(=O)c2ccccc12. The van der Waals surface area contributed by atoms with Crippen LogP contribution in [-0.4, -0.2) is 76.4 Å². The van der Waals surface area contributed by atoms with E-state index in [-0.39, 0.29) is 29.8 Å². The molecule has 10 heteroatoms. The van der Waals surface area contributed by atoms with Crippen LogP contribution in [0.15, 0.2) is 47.3 Å². The minimum Gasteiger partial charge on any atom is -0.490 e. The van der Waals surface area contributed by atoms with Crippen molar-refractivity contribution in [3.05, 3.63) is 68.6 Å². The fourth-order valence-corrected chi connectivity index (χ4v) is 4.45. The van der Waals surface area contributed by atoms with Gasteiger partial charge in [-0.2, -0.15) is 5.10 Å². The van der Waals surface area contributed by atoms with Gasteiger partial charge in [0.1, 0.15) is 11.9 Å². The van der Waals surface area contributed by atoms with Gasteiger partial charge in [-0.3, -0.25) is 9.59 Å². The van der Waals surface area contributed by atoms with Crippen molar-refractivity contribution in [2.24, 2.45) is 0 Å². The molecule has 0 saturated carbocycles. The number of carbonyl (C=O) groups is 1. The van der Waals surface area contributed by atoms with Crippen molar-refractivity contribution in [3.63, 3.8) is 0 Å². The first-order chi connectivity index (χ1) is 16.3. The number of aromatic nitrogens is 2. The smallest absolute Gasteiger partial charge is 0.274 e. The maximum atomic E-state index is 12.9. The van der Waals surface area contributed by atoms with Crippen LogP contribution in [0.1, 0.15) is 23.3 Å². The summed E-state index contributed by atoms with van der Waals surface area (Å²) in [6.07, 6.45) is 0.967. The van der Waals surface area contributed by atoms with Crippen LogP contribution in [0, 0.1) is 0 Å². The highest BCUT2D eigenvalue weighted by molar-refractivity contribution is 6.42. The number of piperidine rings is 1. The summed E-state index contributed by atoms with van der Waals surface area (Å²) >= 11 is 12.0. The number of nitrogens with zero attached hydrogens (tertiary/aromatic N) is 3. The Balaban J connectivity index is 1.28. The highest BCUT2D eigenvalue weighted by Gasteiger charge is 2.25. The molecule has 8 nitrogen and oxygen atoms in total. The number of rotatable bonds is 7. The summed E-state index contributed by atoms with van der Waals surface area (Å²) in [5.74, 6) is 0.330. The third-order valence-corrected chi connectivity index (χ3v) is 6.67. The number of benzene rings is 2. The van der Waals surface area contributed by atoms with E-state index in [2.05, 4.69) is 15.1 Å². The lowest BCUT2D eigenvalue weighted by Crippen LogP contribution is -2.45. The van der Waals surface area contributed by atoms with Crippen LogP contribution in [0.5, 0.6) is 5.75 Å². The average Bonchev–Trinajstić information content (AvgIpc) is 2.82. The highest BCUT2D eigenvalue weighted by atomic mass is 35.5. The third kappa shape index (κ3) is 5.70. The number of aliphatic hydroxyl groups excluding tert-OH is 1. The van der Waals surface area contributed by atoms with E-state index in [1.165, 1.54) is 4.90 Å². The Hall–Kier alpha value is -2.65. The molecule has 1 atom stereocenters. The van der Waals surface area contributed by atoms with E-state index in [1.807, 2.05) is 0 Å². The van der Waals surface area contributed by atoms with E-state index in [1.54, 1.807) is 49.5 Å². The Morgan fingerprint density at radius 3 is 2.62 bits per heavy atom. The zero-order chi connectivity index (χ0) is 24.2. The summed E-state index contributed by atoms with van der Waals surface area (Å²) in [5.41, 5.74) is -0.188. The van der Waals surface area contributed by atoms with E-state index < -0.39 is 6.10 Å². The van der Waals surface area contributed by atoms with Gasteiger partial charge in [-0.15, -0.1) is 0 Å². The van der Waals surface area contributed by atoms with Crippen molar-refractivity contribution in [2.75, 3.05) is 33.2 Å². The Morgan fingerprint density at radius 1 is 1.21 bits per heavy atom. The third-order valence-electron chi connectivity index (χ3n) is 5.93. The fourth-order valence-electron chi connectivity index (χ4n) is 4.17. The molecular weight excluding hydrogens is 479 g/mol. The maximum absolute atomic E-state index is 12.9. The lowest BCUT2D eigenvalue weighted by Gasteiger charge is -2.34. The van der Waals surface area contributed by atoms with E-state index in [0.717, 1.165) is 25.9 Å². The van der Waals surface area contributed by atoms with Crippen molar-refractivity contribution in [3.8, 4) is 5.75 Å². The molecule has 34 heavy (non-hydrogen) atoms. The summed E-state index contributed by atoms with van der Waals surface area (Å²) in [6.45, 7) is 2.13. The van der Waals surface area contributed by atoms with Gasteiger partial charge in [0.15, 0.2) is 5.69 Å². The summed E-state index contributed by atoms with van der Waals surface area (Å²) in [7, 11) is 1.62. The van der Waals surface area contributed by atoms with Crippen LogP contribution in [0.4, 0.5) is 0 Å². The monoisotopic (exact) mass is 504 g/mol. The fraction of sp³-hybridized carbons (Fsp3) is 0.375. The Bertz CT molecular complexity index is 1230. The number of hydrogen-bond acceptors (Lipinski definition) is 6. The maximum Gasteiger partial charge on any atom is 0.274 e. The molecule has 0 spiro atoms. The van der Waals surface area contributed by atoms with Crippen molar-refractivity contribution < 1.29 is 14.6 Å². The zero-order valence-corrected chi connectivity index (χ0v) is 20.2. The van der Waals surface area contributed by atoms with Crippen LogP contribution in [-0.2, 0) is 0 Å². The molecule has 4 rings (SSSR count). The number of hydrogen-bond donors (Lipinski definition) is 2. The second-order valence-corrected chi connectivity index (χ2v) is 9.29. The quantitative estimate of drug-likeness (QED) is 0.512. The first kappa shape index (κ1) is 24.5. The molecule has 1 saturated heterocycles. The molecule has 1 aromatic heterocycles. The molecule has 1 amide bonds. The molecular formula is C24H26Cl2N4O4. The number of β-amino-alcohol motifs (C(OH)–C–C–N with tert-alkyl or cyclic N) is 1. The second-order valence-electron chi connectivity index (χ2n) is 8.48. The van der Waals surface area contributed by atoms with Gasteiger partial charge in [0, 0.05) is 44.7 Å². The number of likely N-dealkylation sites (tertiary alicyclic amines) is 1. The van der Waals surface area contributed by atoms with Gasteiger partial charge in [0.2, 0.25) is 0 Å². The van der Waals surface area contributed by atoms with Crippen LogP contribution in [0.2, 0.25) is 10.0 Å². The van der Waals surface area contributed by atoms with Gasteiger partial charge in [0.05, 0.1) is 21.5 Å². The van der Waals surface area contributed by atoms with E-state index in [9.17, 15) is 14.7 Å². The standard InChI is InChI=1S/C24H26Cl2N4O4/c1-29(24(33)22-18-4-2-3-5-19(18)23(32)28-27-22)13-15(31)14-30-10-8-16(9-11-30)34-17-6-7-20(25)21(26)12-17/h2-7,12,15-16,31H,8-11,13-14H2,1H3,(H,28,32)/t15-/m0/s1. The predicted octanol–water partition coefficient (Wildman–Crippen LogP) is 3.21. The summed E-state index contributed by atoms with van der Waals surface area (Å²) in [6, 6.07) is 12.1. The number of halogens is 2. The number of aromatic amines is 1. The molecule has 2 heterocycles. The van der Waals surface area contributed by atoms with Gasteiger partial charge < -0.3 is 19.6 Å². The Kier molecular flexibility index (Phi) is 7.73. The van der Waals surface area contributed by atoms with Crippen molar-refractivity contribution >= 4 is 39.9 Å². The molecule has 1 aliphatic heterocycles. The van der Waals surface area contributed by atoms with Crippen LogP contribution < -0.4 is 10.3 Å². The Labute approximate surface area is 207 Å². The molecule has 2 N–H and O–H groups in total. The van der Waals surface area contributed by atoms with Crippen molar-refractivity contribution in [1.82, 2.24) is 20.0 Å². The number of ether oxygens (including phenoxy) is 1. The van der Waals surface area contributed by atoms with E-state index >= 15 is 0 Å². The van der Waals surface area contributed by atoms with Gasteiger partial charge in [0.25, 0.3) is 11.5 Å². The molecule has 1 fully saturated rings. The molecule has 3 aromatic rings. The zero-order valence-electron chi connectivity index (χ0n) is 18.7. The summed E-state index contributed by atoms with van der Waals surface area (Å²) in [5, 5.41) is 18.8. The highest BCUT2D eigenvalue weighted by Crippen LogP contribution is 2.28. The van der Waals surface area contributed by atoms with Crippen LogP contribution in [0.25, 0.3) is 10.8 Å². The van der Waals surface area contributed by atoms with Gasteiger partial charge in [-0.25, -0.2) is 5.10 Å². The molecule has 0 bridgehead atoms. The lowest BCUT2D eigenvalue weighted by molar-refractivity contribution is 0.0427. The number of amides is 1. The lowest BCUT2D eigenvalue weighted by atomic mass is 10.1. The van der Waals surface area contributed by atoms with Gasteiger partial charge >= 0.3 is 0 Å². The molecule has 2 aromatic carbocycles.